The number of halogens is 2. The fraction of sp³-hybridized carbons (Fsp3) is 0.500. The molecule has 1 aromatic rings. The van der Waals surface area contributed by atoms with Crippen molar-refractivity contribution in [3.05, 3.63) is 29.3 Å². The summed E-state index contributed by atoms with van der Waals surface area (Å²) in [5, 5.41) is 0.540. The van der Waals surface area contributed by atoms with Crippen LogP contribution in [0.25, 0.3) is 0 Å². The Hall–Kier alpha value is -0.100. The van der Waals surface area contributed by atoms with Crippen LogP contribution in [-0.2, 0) is 10.0 Å². The summed E-state index contributed by atoms with van der Waals surface area (Å²) in [5.41, 5.74) is 0. The Morgan fingerprint density at radius 1 is 1.33 bits per heavy atom. The van der Waals surface area contributed by atoms with Crippen molar-refractivity contribution in [1.29, 1.82) is 0 Å². The zero-order valence-electron chi connectivity index (χ0n) is 10.0. The second kappa shape index (κ2) is 5.49. The number of alkyl halides is 1. The van der Waals surface area contributed by atoms with Crippen LogP contribution in [0.1, 0.15) is 12.8 Å². The molecule has 0 atom stereocenters. The van der Waals surface area contributed by atoms with E-state index >= 15 is 0 Å². The predicted molar refractivity (Wildman–Crippen MR) is 76.7 cm³/mol. The van der Waals surface area contributed by atoms with Crippen molar-refractivity contribution < 1.29 is 8.42 Å². The van der Waals surface area contributed by atoms with Crippen molar-refractivity contribution in [2.24, 2.45) is 5.92 Å². The Morgan fingerprint density at radius 2 is 1.89 bits per heavy atom. The summed E-state index contributed by atoms with van der Waals surface area (Å²) in [6, 6.07) is 6.28. The molecule has 6 heteroatoms. The topological polar surface area (TPSA) is 37.4 Å². The Morgan fingerprint density at radius 3 is 2.39 bits per heavy atom. The minimum atomic E-state index is -3.39. The van der Waals surface area contributed by atoms with E-state index < -0.39 is 10.0 Å². The van der Waals surface area contributed by atoms with Gasteiger partial charge in [0.15, 0.2) is 0 Å². The molecule has 0 aliphatic heterocycles. The number of benzene rings is 1. The van der Waals surface area contributed by atoms with Crippen LogP contribution in [0.2, 0.25) is 5.02 Å². The third-order valence-electron chi connectivity index (χ3n) is 3.22. The van der Waals surface area contributed by atoms with Gasteiger partial charge in [-0.25, -0.2) is 12.7 Å². The molecule has 1 aliphatic rings. The molecule has 2 rings (SSSR count). The Bertz CT molecular complexity index is 511. The van der Waals surface area contributed by atoms with Gasteiger partial charge in [-0.1, -0.05) is 27.5 Å². The maximum Gasteiger partial charge on any atom is 0.242 e. The standard InChI is InChI=1S/C12H15BrClNO2S/c1-15(8-9-6-10(13)7-9)18(16,17)12-4-2-11(14)3-5-12/h2-5,9-10H,6-8H2,1H3. The first-order valence-electron chi connectivity index (χ1n) is 5.75. The quantitative estimate of drug-likeness (QED) is 0.781. The van der Waals surface area contributed by atoms with Gasteiger partial charge in [-0.3, -0.25) is 0 Å². The molecule has 100 valence electrons. The van der Waals surface area contributed by atoms with Gasteiger partial charge in [0.1, 0.15) is 0 Å². The molecule has 0 N–H and O–H groups in total. The molecule has 0 radical (unpaired) electrons. The highest BCUT2D eigenvalue weighted by Gasteiger charge is 2.31. The van der Waals surface area contributed by atoms with Gasteiger partial charge >= 0.3 is 0 Å². The predicted octanol–water partition coefficient (Wildman–Crippen LogP) is 3.13. The average molecular weight is 353 g/mol. The summed E-state index contributed by atoms with van der Waals surface area (Å²) >= 11 is 9.27. The maximum absolute atomic E-state index is 12.3. The molecule has 0 saturated heterocycles. The normalized spacial score (nSPS) is 24.0. The highest BCUT2D eigenvalue weighted by atomic mass is 79.9. The number of sulfonamides is 1. The van der Waals surface area contributed by atoms with Gasteiger partial charge in [0.2, 0.25) is 10.0 Å². The largest absolute Gasteiger partial charge is 0.242 e. The minimum Gasteiger partial charge on any atom is -0.207 e. The molecule has 1 fully saturated rings. The van der Waals surface area contributed by atoms with Crippen molar-refractivity contribution in [2.75, 3.05) is 13.6 Å². The molecule has 0 aromatic heterocycles. The lowest BCUT2D eigenvalue weighted by Crippen LogP contribution is -2.37. The fourth-order valence-corrected chi connectivity index (χ4v) is 4.48. The third kappa shape index (κ3) is 3.07. The summed E-state index contributed by atoms with van der Waals surface area (Å²) in [7, 11) is -1.75. The second-order valence-electron chi connectivity index (χ2n) is 4.67. The van der Waals surface area contributed by atoms with Crippen LogP contribution in [0.5, 0.6) is 0 Å². The Labute approximate surface area is 121 Å². The van der Waals surface area contributed by atoms with Crippen molar-refractivity contribution in [2.45, 2.75) is 22.6 Å². The SMILES string of the molecule is CN(CC1CC(Br)C1)S(=O)(=O)c1ccc(Cl)cc1. The lowest BCUT2D eigenvalue weighted by Gasteiger charge is -2.34. The van der Waals surface area contributed by atoms with E-state index in [1.165, 1.54) is 4.31 Å². The van der Waals surface area contributed by atoms with E-state index in [9.17, 15) is 8.42 Å². The summed E-state index contributed by atoms with van der Waals surface area (Å²) < 4.78 is 26.0. The lowest BCUT2D eigenvalue weighted by molar-refractivity contribution is 0.275. The smallest absolute Gasteiger partial charge is 0.207 e. The van der Waals surface area contributed by atoms with Gasteiger partial charge in [-0.05, 0) is 43.0 Å². The van der Waals surface area contributed by atoms with Gasteiger partial charge in [-0.2, -0.15) is 0 Å². The van der Waals surface area contributed by atoms with Gasteiger partial charge in [0.05, 0.1) is 4.90 Å². The first kappa shape index (κ1) is 14.3. The van der Waals surface area contributed by atoms with Gasteiger partial charge in [-0.15, -0.1) is 0 Å². The summed E-state index contributed by atoms with van der Waals surface area (Å²) in [6.45, 7) is 0.576. The van der Waals surface area contributed by atoms with Gasteiger partial charge < -0.3 is 0 Å². The molecular formula is C12H15BrClNO2S. The second-order valence-corrected chi connectivity index (χ2v) is 8.45. The molecule has 0 amide bonds. The highest BCUT2D eigenvalue weighted by Crippen LogP contribution is 2.34. The van der Waals surface area contributed by atoms with Gasteiger partial charge in [0, 0.05) is 23.4 Å². The van der Waals surface area contributed by atoms with E-state index in [1.54, 1.807) is 31.3 Å². The van der Waals surface area contributed by atoms with Crippen LogP contribution in [0, 0.1) is 5.92 Å². The van der Waals surface area contributed by atoms with Crippen molar-refractivity contribution in [3.8, 4) is 0 Å². The van der Waals surface area contributed by atoms with E-state index in [2.05, 4.69) is 15.9 Å². The Kier molecular flexibility index (Phi) is 4.36. The summed E-state index contributed by atoms with van der Waals surface area (Å²) in [6.07, 6.45) is 2.08. The molecule has 0 unspecified atom stereocenters. The molecule has 1 saturated carbocycles. The molecule has 3 nitrogen and oxygen atoms in total. The highest BCUT2D eigenvalue weighted by molar-refractivity contribution is 9.09. The lowest BCUT2D eigenvalue weighted by atomic mass is 9.85. The van der Waals surface area contributed by atoms with Crippen molar-refractivity contribution >= 4 is 37.6 Å². The first-order chi connectivity index (χ1) is 8.39. The molecular weight excluding hydrogens is 338 g/mol. The van der Waals surface area contributed by atoms with Crippen LogP contribution in [0.15, 0.2) is 29.2 Å². The van der Waals surface area contributed by atoms with E-state index in [1.807, 2.05) is 0 Å². The monoisotopic (exact) mass is 351 g/mol. The van der Waals surface area contributed by atoms with E-state index in [0.717, 1.165) is 12.8 Å². The molecule has 1 aliphatic carbocycles. The average Bonchev–Trinajstić information content (AvgIpc) is 2.27. The van der Waals surface area contributed by atoms with Crippen molar-refractivity contribution in [1.82, 2.24) is 4.31 Å². The van der Waals surface area contributed by atoms with Crippen LogP contribution < -0.4 is 0 Å². The molecule has 0 heterocycles. The molecule has 18 heavy (non-hydrogen) atoms. The Balaban J connectivity index is 2.08. The summed E-state index contributed by atoms with van der Waals surface area (Å²) in [4.78, 5) is 0.846. The molecule has 0 spiro atoms. The number of nitrogens with zero attached hydrogens (tertiary/aromatic N) is 1. The minimum absolute atomic E-state index is 0.295. The number of rotatable bonds is 4. The number of hydrogen-bond acceptors (Lipinski definition) is 2. The van der Waals surface area contributed by atoms with E-state index in [-0.39, 0.29) is 0 Å². The van der Waals surface area contributed by atoms with Crippen LogP contribution in [0.4, 0.5) is 0 Å². The zero-order chi connectivity index (χ0) is 13.3. The van der Waals surface area contributed by atoms with Crippen LogP contribution in [-0.4, -0.2) is 31.1 Å². The summed E-state index contributed by atoms with van der Waals surface area (Å²) in [5.74, 6) is 0.460. The zero-order valence-corrected chi connectivity index (χ0v) is 13.2. The molecule has 0 bridgehead atoms. The van der Waals surface area contributed by atoms with Crippen LogP contribution >= 0.6 is 27.5 Å². The van der Waals surface area contributed by atoms with E-state index in [4.69, 9.17) is 11.6 Å². The third-order valence-corrected chi connectivity index (χ3v) is 6.05. The molecule has 1 aromatic carbocycles. The first-order valence-corrected chi connectivity index (χ1v) is 8.49. The fourth-order valence-electron chi connectivity index (χ4n) is 2.05. The van der Waals surface area contributed by atoms with E-state index in [0.29, 0.717) is 27.2 Å². The van der Waals surface area contributed by atoms with Crippen molar-refractivity contribution in [3.63, 3.8) is 0 Å². The maximum atomic E-state index is 12.3. The number of hydrogen-bond donors (Lipinski definition) is 0. The van der Waals surface area contributed by atoms with Gasteiger partial charge in [0.25, 0.3) is 0 Å². The van der Waals surface area contributed by atoms with Crippen LogP contribution in [0.3, 0.4) is 0 Å².